The highest BCUT2D eigenvalue weighted by Crippen LogP contribution is 2.41. The maximum Gasteiger partial charge on any atom is 0.315 e. The van der Waals surface area contributed by atoms with E-state index in [1.165, 1.54) is 17.8 Å². The molecule has 124 valence electrons. The Labute approximate surface area is 138 Å². The molecule has 22 heavy (non-hydrogen) atoms. The lowest BCUT2D eigenvalue weighted by Gasteiger charge is -2.18. The Morgan fingerprint density at radius 2 is 2.18 bits per heavy atom. The van der Waals surface area contributed by atoms with Crippen molar-refractivity contribution in [3.8, 4) is 0 Å². The first-order valence-electron chi connectivity index (χ1n) is 7.65. The van der Waals surface area contributed by atoms with Gasteiger partial charge in [0.15, 0.2) is 0 Å². The second-order valence-corrected chi connectivity index (χ2v) is 9.88. The molecule has 0 unspecified atom stereocenters. The molecule has 0 spiro atoms. The third-order valence-electron chi connectivity index (χ3n) is 3.51. The minimum atomic E-state index is -0.951. The largest absolute Gasteiger partial charge is 0.337 e. The Morgan fingerprint density at radius 1 is 1.50 bits per heavy atom. The van der Waals surface area contributed by atoms with Crippen LogP contribution < -0.4 is 10.6 Å². The third kappa shape index (κ3) is 5.05. The van der Waals surface area contributed by atoms with E-state index >= 15 is 0 Å². The molecule has 0 aromatic carbocycles. The molecule has 0 radical (unpaired) electrons. The third-order valence-corrected chi connectivity index (χ3v) is 6.48. The normalized spacial score (nSPS) is 17.8. The van der Waals surface area contributed by atoms with E-state index in [0.717, 1.165) is 5.69 Å². The van der Waals surface area contributed by atoms with Gasteiger partial charge in [-0.3, -0.25) is 4.21 Å². The van der Waals surface area contributed by atoms with Gasteiger partial charge in [-0.1, -0.05) is 0 Å². The zero-order valence-corrected chi connectivity index (χ0v) is 15.3. The number of carbonyl (C=O) groups is 1. The number of hydrogen-bond acceptors (Lipinski definition) is 4. The predicted octanol–water partition coefficient (Wildman–Crippen LogP) is 2.93. The molecule has 1 saturated carbocycles. The number of thiazole rings is 1. The van der Waals surface area contributed by atoms with Crippen LogP contribution in [0.5, 0.6) is 0 Å². The monoisotopic (exact) mass is 343 g/mol. The Hall–Kier alpha value is -0.950. The Bertz CT molecular complexity index is 547. The molecule has 1 aliphatic rings. The summed E-state index contributed by atoms with van der Waals surface area (Å²) < 4.78 is 11.6. The van der Waals surface area contributed by atoms with Crippen LogP contribution in [0.1, 0.15) is 63.2 Å². The molecular weight excluding hydrogens is 318 g/mol. The van der Waals surface area contributed by atoms with Crippen LogP contribution in [0.15, 0.2) is 5.38 Å². The van der Waals surface area contributed by atoms with Gasteiger partial charge in [-0.2, -0.15) is 0 Å². The van der Waals surface area contributed by atoms with E-state index in [-0.39, 0.29) is 16.8 Å². The van der Waals surface area contributed by atoms with Crippen molar-refractivity contribution < 1.29 is 9.00 Å². The van der Waals surface area contributed by atoms with Gasteiger partial charge in [-0.05, 0) is 40.5 Å². The molecule has 2 rings (SSSR count). The highest BCUT2D eigenvalue weighted by Gasteiger charge is 2.27. The van der Waals surface area contributed by atoms with Crippen LogP contribution >= 0.6 is 11.3 Å². The van der Waals surface area contributed by atoms with Crippen LogP contribution in [-0.4, -0.2) is 32.3 Å². The van der Waals surface area contributed by atoms with Gasteiger partial charge in [-0.15, -0.1) is 11.3 Å². The Balaban J connectivity index is 1.72. The number of rotatable bonds is 6. The van der Waals surface area contributed by atoms with E-state index in [9.17, 15) is 9.00 Å². The van der Waals surface area contributed by atoms with Crippen molar-refractivity contribution in [3.05, 3.63) is 16.1 Å². The average Bonchev–Trinajstić information content (AvgIpc) is 3.15. The van der Waals surface area contributed by atoms with Gasteiger partial charge in [0.2, 0.25) is 0 Å². The van der Waals surface area contributed by atoms with Crippen LogP contribution in [-0.2, 0) is 10.8 Å². The molecule has 2 N–H and O–H groups in total. The van der Waals surface area contributed by atoms with Crippen molar-refractivity contribution in [2.24, 2.45) is 0 Å². The molecule has 2 amide bonds. The highest BCUT2D eigenvalue weighted by molar-refractivity contribution is 7.86. The minimum Gasteiger partial charge on any atom is -0.337 e. The number of nitrogens with zero attached hydrogens (tertiary/aromatic N) is 1. The predicted molar refractivity (Wildman–Crippen MR) is 91.8 cm³/mol. The molecule has 0 saturated heterocycles. The van der Waals surface area contributed by atoms with Gasteiger partial charge in [0.1, 0.15) is 0 Å². The van der Waals surface area contributed by atoms with E-state index in [4.69, 9.17) is 0 Å². The van der Waals surface area contributed by atoms with Crippen molar-refractivity contribution in [2.45, 2.75) is 57.2 Å². The average molecular weight is 344 g/mol. The minimum absolute atomic E-state index is 0.114. The summed E-state index contributed by atoms with van der Waals surface area (Å²) in [5.74, 6) is 1.11. The summed E-state index contributed by atoms with van der Waals surface area (Å²) in [6.45, 7) is 8.15. The number of amides is 2. The van der Waals surface area contributed by atoms with E-state index in [2.05, 4.69) is 15.6 Å². The van der Waals surface area contributed by atoms with E-state index in [1.54, 1.807) is 11.3 Å². The topological polar surface area (TPSA) is 71.1 Å². The molecule has 1 heterocycles. The van der Waals surface area contributed by atoms with Crippen molar-refractivity contribution in [1.29, 1.82) is 0 Å². The quantitative estimate of drug-likeness (QED) is 0.834. The first-order valence-corrected chi connectivity index (χ1v) is 9.85. The van der Waals surface area contributed by atoms with Crippen LogP contribution in [0.25, 0.3) is 0 Å². The van der Waals surface area contributed by atoms with Gasteiger partial charge in [0, 0.05) is 39.1 Å². The van der Waals surface area contributed by atoms with Crippen molar-refractivity contribution in [3.63, 3.8) is 0 Å². The first-order chi connectivity index (χ1) is 10.3. The van der Waals surface area contributed by atoms with Gasteiger partial charge in [-0.25, -0.2) is 9.78 Å². The smallest absolute Gasteiger partial charge is 0.315 e. The maximum absolute atomic E-state index is 11.9. The summed E-state index contributed by atoms with van der Waals surface area (Å²) in [5, 5.41) is 8.84. The fourth-order valence-electron chi connectivity index (χ4n) is 1.90. The van der Waals surface area contributed by atoms with Crippen molar-refractivity contribution in [2.75, 3.05) is 12.3 Å². The summed E-state index contributed by atoms with van der Waals surface area (Å²) >= 11 is 1.68. The summed E-state index contributed by atoms with van der Waals surface area (Å²) in [7, 11) is -0.951. The lowest BCUT2D eigenvalue weighted by atomic mass is 10.2. The lowest BCUT2D eigenvalue weighted by Crippen LogP contribution is -2.40. The zero-order chi connectivity index (χ0) is 16.3. The fourth-order valence-corrected chi connectivity index (χ4v) is 3.89. The number of urea groups is 1. The number of hydrogen-bond donors (Lipinski definition) is 2. The van der Waals surface area contributed by atoms with E-state index in [0.29, 0.717) is 18.2 Å². The molecule has 1 aromatic rings. The Kier molecular flexibility index (Phi) is 5.60. The highest BCUT2D eigenvalue weighted by atomic mass is 32.2. The molecule has 0 bridgehead atoms. The standard InChI is InChI=1S/C15H25N3O2S2/c1-10(12-9-21-13(18-12)11-5-6-11)17-14(19)16-7-8-22(20)15(2,3)4/h9-11H,5-8H2,1-4H3,(H2,16,17,19)/t10-,22+/m1/s1. The summed E-state index contributed by atoms with van der Waals surface area (Å²) in [5.41, 5.74) is 0.917. The first kappa shape index (κ1) is 17.4. The number of nitrogens with one attached hydrogen (secondary N) is 2. The molecule has 0 aliphatic heterocycles. The van der Waals surface area contributed by atoms with Crippen LogP contribution in [0.2, 0.25) is 0 Å². The molecular formula is C15H25N3O2S2. The van der Waals surface area contributed by atoms with Gasteiger partial charge in [0.05, 0.1) is 16.7 Å². The van der Waals surface area contributed by atoms with Gasteiger partial charge < -0.3 is 10.6 Å². The molecule has 1 aliphatic carbocycles. The summed E-state index contributed by atoms with van der Waals surface area (Å²) in [4.78, 5) is 16.5. The molecule has 1 aromatic heterocycles. The molecule has 2 atom stereocenters. The fraction of sp³-hybridized carbons (Fsp3) is 0.733. The van der Waals surface area contributed by atoms with Crippen molar-refractivity contribution in [1.82, 2.24) is 15.6 Å². The number of aromatic nitrogens is 1. The van der Waals surface area contributed by atoms with E-state index in [1.807, 2.05) is 33.1 Å². The zero-order valence-electron chi connectivity index (χ0n) is 13.6. The molecule has 5 nitrogen and oxygen atoms in total. The van der Waals surface area contributed by atoms with Crippen molar-refractivity contribution >= 4 is 28.2 Å². The summed E-state index contributed by atoms with van der Waals surface area (Å²) in [6.07, 6.45) is 2.47. The van der Waals surface area contributed by atoms with Gasteiger partial charge >= 0.3 is 6.03 Å². The SMILES string of the molecule is C[C@@H](NC(=O)NCC[S@](=O)C(C)(C)C)c1csc(C2CC2)n1. The van der Waals surface area contributed by atoms with E-state index < -0.39 is 10.8 Å². The number of carbonyl (C=O) groups excluding carboxylic acids is 1. The van der Waals surface area contributed by atoms with Crippen LogP contribution in [0, 0.1) is 0 Å². The second-order valence-electron chi connectivity index (χ2n) is 6.67. The van der Waals surface area contributed by atoms with Crippen LogP contribution in [0.3, 0.4) is 0 Å². The lowest BCUT2D eigenvalue weighted by molar-refractivity contribution is 0.238. The van der Waals surface area contributed by atoms with Gasteiger partial charge in [0.25, 0.3) is 0 Å². The maximum atomic E-state index is 11.9. The second kappa shape index (κ2) is 7.08. The Morgan fingerprint density at radius 3 is 2.77 bits per heavy atom. The summed E-state index contributed by atoms with van der Waals surface area (Å²) in [6, 6.07) is -0.351. The molecule has 1 fully saturated rings. The van der Waals surface area contributed by atoms with Crippen LogP contribution in [0.4, 0.5) is 4.79 Å². The molecule has 7 heteroatoms.